The van der Waals surface area contributed by atoms with E-state index >= 15 is 0 Å². The third kappa shape index (κ3) is 7.02. The van der Waals surface area contributed by atoms with Gasteiger partial charge in [-0.15, -0.1) is 10.1 Å². The number of ether oxygens (including phenoxy) is 3. The summed E-state index contributed by atoms with van der Waals surface area (Å²) in [4.78, 5) is 23.6. The number of alkyl halides is 3. The Morgan fingerprint density at radius 3 is 2.37 bits per heavy atom. The minimum absolute atomic E-state index is 0.0172. The molecule has 0 amide bonds. The molecule has 0 aromatic heterocycles. The van der Waals surface area contributed by atoms with Gasteiger partial charge in [0, 0.05) is 12.0 Å². The molecule has 0 spiro atoms. The SMILES string of the molecule is CCc1cc(S(F)(F)(F)(F)F)cc2c1O[C@@](COC(=O)OC(C)CCO[N+](=O)[O-])(C(F)(F)F)C=C2. The van der Waals surface area contributed by atoms with Crippen LogP contribution in [0.25, 0.3) is 6.08 Å². The first-order chi connectivity index (χ1) is 15.7. The van der Waals surface area contributed by atoms with E-state index in [4.69, 9.17) is 4.74 Å². The van der Waals surface area contributed by atoms with Crippen molar-refractivity contribution in [1.29, 1.82) is 0 Å². The Morgan fingerprint density at radius 2 is 1.86 bits per heavy atom. The first-order valence-corrected chi connectivity index (χ1v) is 11.6. The topological polar surface area (TPSA) is 97.1 Å². The zero-order chi connectivity index (χ0) is 26.9. The minimum atomic E-state index is -10.1. The van der Waals surface area contributed by atoms with E-state index in [1.54, 1.807) is 0 Å². The second-order valence-corrected chi connectivity index (χ2v) is 9.87. The number of benzene rings is 1. The number of hydrogen-bond acceptors (Lipinski definition) is 7. The molecule has 1 unspecified atom stereocenters. The molecule has 1 aliphatic heterocycles. The number of aryl methyl sites for hydroxylation is 1. The van der Waals surface area contributed by atoms with Crippen molar-refractivity contribution in [3.63, 3.8) is 0 Å². The van der Waals surface area contributed by atoms with E-state index in [1.807, 2.05) is 0 Å². The van der Waals surface area contributed by atoms with Gasteiger partial charge in [0.05, 0.1) is 6.61 Å². The second-order valence-electron chi connectivity index (χ2n) is 7.46. The summed E-state index contributed by atoms with van der Waals surface area (Å²) >= 11 is 0. The number of fused-ring (bicyclic) bond motifs is 1. The highest BCUT2D eigenvalue weighted by Gasteiger charge is 2.66. The molecule has 0 saturated heterocycles. The summed E-state index contributed by atoms with van der Waals surface area (Å²) in [6, 6.07) is 0.00112. The van der Waals surface area contributed by atoms with Crippen molar-refractivity contribution in [3.05, 3.63) is 39.4 Å². The second kappa shape index (κ2) is 8.60. The average molecular weight is 545 g/mol. The molecule has 0 saturated carbocycles. The van der Waals surface area contributed by atoms with E-state index in [0.29, 0.717) is 6.08 Å². The van der Waals surface area contributed by atoms with Crippen molar-refractivity contribution >= 4 is 22.5 Å². The molecule has 1 aromatic carbocycles. The Hall–Kier alpha value is -2.98. The molecule has 1 aliphatic rings. The summed E-state index contributed by atoms with van der Waals surface area (Å²) in [6.07, 6.45) is -7.74. The lowest BCUT2D eigenvalue weighted by Gasteiger charge is -2.42. The molecule has 17 heteroatoms. The van der Waals surface area contributed by atoms with E-state index in [-0.39, 0.29) is 24.6 Å². The fraction of sp³-hybridized carbons (Fsp3) is 0.500. The number of hydrogen-bond donors (Lipinski definition) is 0. The molecule has 35 heavy (non-hydrogen) atoms. The molecule has 200 valence electrons. The van der Waals surface area contributed by atoms with Crippen LogP contribution in [0.2, 0.25) is 0 Å². The lowest BCUT2D eigenvalue weighted by Crippen LogP contribution is -2.54. The van der Waals surface area contributed by atoms with Crippen LogP contribution in [-0.4, -0.2) is 42.3 Å². The van der Waals surface area contributed by atoms with Crippen molar-refractivity contribution < 1.29 is 61.5 Å². The van der Waals surface area contributed by atoms with Gasteiger partial charge in [-0.1, -0.05) is 32.4 Å². The molecular formula is C18H19F8NO7S. The molecule has 0 radical (unpaired) electrons. The van der Waals surface area contributed by atoms with E-state index in [2.05, 4.69) is 14.3 Å². The van der Waals surface area contributed by atoms with Gasteiger partial charge < -0.3 is 19.0 Å². The Morgan fingerprint density at radius 1 is 1.23 bits per heavy atom. The van der Waals surface area contributed by atoms with Gasteiger partial charge in [-0.05, 0) is 37.1 Å². The predicted molar refractivity (Wildman–Crippen MR) is 105 cm³/mol. The summed E-state index contributed by atoms with van der Waals surface area (Å²) in [6.45, 7) is 0.466. The van der Waals surface area contributed by atoms with Crippen LogP contribution in [0.4, 0.5) is 37.4 Å². The van der Waals surface area contributed by atoms with Gasteiger partial charge in [0.25, 0.3) is 10.7 Å². The summed E-state index contributed by atoms with van der Waals surface area (Å²) in [5.74, 6) is -0.736. The van der Waals surface area contributed by atoms with Crippen molar-refractivity contribution in [2.24, 2.45) is 0 Å². The standard InChI is InChI=1S/C18H19F8NO7S/c1-3-12-8-14(35(22,23,24,25)26)9-13-4-6-17(18(19,20)21,34-15(12)13)10-31-16(28)33-11(2)5-7-32-27(29)30/h4,6,8-9,11H,3,5,7,10H2,1-2H3/t11?,17-/m0/s1. The molecule has 0 fully saturated rings. The summed E-state index contributed by atoms with van der Waals surface area (Å²) in [7, 11) is -10.1. The maximum atomic E-state index is 13.9. The van der Waals surface area contributed by atoms with E-state index < -0.39 is 80.8 Å². The molecule has 0 aliphatic carbocycles. The van der Waals surface area contributed by atoms with E-state index in [9.17, 15) is 47.5 Å². The maximum Gasteiger partial charge on any atom is 0.508 e. The largest absolute Gasteiger partial charge is 0.508 e. The van der Waals surface area contributed by atoms with E-state index in [0.717, 1.165) is 0 Å². The lowest BCUT2D eigenvalue weighted by atomic mass is 9.96. The number of carbonyl (C=O) groups excluding carboxylic acids is 1. The molecule has 2 atom stereocenters. The van der Waals surface area contributed by atoms with Crippen LogP contribution in [0.15, 0.2) is 23.1 Å². The van der Waals surface area contributed by atoms with Crippen LogP contribution in [0, 0.1) is 10.1 Å². The normalized spacial score (nSPS) is 20.5. The van der Waals surface area contributed by atoms with Gasteiger partial charge >= 0.3 is 22.6 Å². The van der Waals surface area contributed by atoms with Gasteiger partial charge in [0.2, 0.25) is 0 Å². The molecule has 1 heterocycles. The Labute approximate surface area is 192 Å². The highest BCUT2D eigenvalue weighted by atomic mass is 32.5. The van der Waals surface area contributed by atoms with Crippen molar-refractivity contribution in [3.8, 4) is 5.75 Å². The molecule has 0 N–H and O–H groups in total. The Bertz CT molecular complexity index is 1030. The highest BCUT2D eigenvalue weighted by Crippen LogP contribution is 3.02. The van der Waals surface area contributed by atoms with Crippen LogP contribution in [0.1, 0.15) is 31.4 Å². The number of halogens is 8. The first-order valence-electron chi connectivity index (χ1n) is 9.64. The molecular weight excluding hydrogens is 526 g/mol. The third-order valence-electron chi connectivity index (χ3n) is 4.71. The van der Waals surface area contributed by atoms with Gasteiger partial charge in [-0.2, -0.15) is 13.2 Å². The fourth-order valence-electron chi connectivity index (χ4n) is 2.89. The molecule has 8 nitrogen and oxygen atoms in total. The summed E-state index contributed by atoms with van der Waals surface area (Å²) in [5.41, 5.74) is -4.61. The lowest BCUT2D eigenvalue weighted by molar-refractivity contribution is -0.758. The first kappa shape index (κ1) is 28.3. The zero-order valence-corrected chi connectivity index (χ0v) is 18.8. The average Bonchev–Trinajstić information content (AvgIpc) is 2.68. The number of carbonyl (C=O) groups is 1. The van der Waals surface area contributed by atoms with Crippen LogP contribution < -0.4 is 4.74 Å². The van der Waals surface area contributed by atoms with Gasteiger partial charge in [0.15, 0.2) is 0 Å². The fourth-order valence-corrected chi connectivity index (χ4v) is 3.60. The summed E-state index contributed by atoms with van der Waals surface area (Å²) in [5, 5.41) is 8.97. The number of rotatable bonds is 9. The van der Waals surface area contributed by atoms with Crippen molar-refractivity contribution in [2.45, 2.75) is 49.5 Å². The Balaban J connectivity index is 2.28. The van der Waals surface area contributed by atoms with Gasteiger partial charge in [-0.25, -0.2) is 4.79 Å². The van der Waals surface area contributed by atoms with Crippen molar-refractivity contribution in [1.82, 2.24) is 0 Å². The predicted octanol–water partition coefficient (Wildman–Crippen LogP) is 6.75. The maximum absolute atomic E-state index is 13.9. The minimum Gasteiger partial charge on any atom is -0.469 e. The zero-order valence-electron chi connectivity index (χ0n) is 18.0. The monoisotopic (exact) mass is 545 g/mol. The highest BCUT2D eigenvalue weighted by molar-refractivity contribution is 8.45. The van der Waals surface area contributed by atoms with Crippen LogP contribution in [0.3, 0.4) is 0 Å². The van der Waals surface area contributed by atoms with Gasteiger partial charge in [-0.3, -0.25) is 0 Å². The Kier molecular flexibility index (Phi) is 6.94. The third-order valence-corrected chi connectivity index (χ3v) is 5.84. The molecule has 1 aromatic rings. The molecule has 2 rings (SSSR count). The van der Waals surface area contributed by atoms with Crippen molar-refractivity contribution in [2.75, 3.05) is 13.2 Å². The quantitative estimate of drug-likeness (QED) is 0.147. The van der Waals surface area contributed by atoms with Crippen LogP contribution >= 0.6 is 10.2 Å². The van der Waals surface area contributed by atoms with Crippen LogP contribution in [-0.2, 0) is 20.7 Å². The van der Waals surface area contributed by atoms with Gasteiger partial charge in [0.1, 0.15) is 23.4 Å². The number of nitrogens with zero attached hydrogens (tertiary/aromatic N) is 1. The van der Waals surface area contributed by atoms with E-state index in [1.165, 1.54) is 13.8 Å². The smallest absolute Gasteiger partial charge is 0.469 e. The molecule has 0 bridgehead atoms. The van der Waals surface area contributed by atoms with Crippen LogP contribution in [0.5, 0.6) is 5.75 Å². The summed E-state index contributed by atoms with van der Waals surface area (Å²) < 4.78 is 122.